The standard InChI is InChI=1S/C13H17NO2/c1-3-16-11(15)13(14)9-12(13,2)10-7-5-4-6-8-10/h4-8H,3,9,14H2,1-2H3/t12-,13-/m0/s1. The van der Waals surface area contributed by atoms with E-state index in [1.165, 1.54) is 0 Å². The quantitative estimate of drug-likeness (QED) is 0.786. The number of hydrogen-bond acceptors (Lipinski definition) is 3. The molecular formula is C13H17NO2. The Morgan fingerprint density at radius 2 is 2.06 bits per heavy atom. The second-order valence-corrected chi connectivity index (χ2v) is 4.57. The van der Waals surface area contributed by atoms with Gasteiger partial charge in [-0.15, -0.1) is 0 Å². The predicted octanol–water partition coefficient (Wildman–Crippen LogP) is 1.61. The minimum absolute atomic E-state index is 0.277. The number of hydrogen-bond donors (Lipinski definition) is 1. The molecule has 3 nitrogen and oxygen atoms in total. The van der Waals surface area contributed by atoms with Crippen LogP contribution in [0, 0.1) is 0 Å². The molecule has 2 rings (SSSR count). The lowest BCUT2D eigenvalue weighted by molar-refractivity contribution is -0.146. The van der Waals surface area contributed by atoms with Gasteiger partial charge in [-0.3, -0.25) is 4.79 Å². The highest BCUT2D eigenvalue weighted by Gasteiger charge is 2.68. The third kappa shape index (κ3) is 1.43. The maximum absolute atomic E-state index is 11.8. The van der Waals surface area contributed by atoms with Crippen molar-refractivity contribution >= 4 is 5.97 Å². The minimum Gasteiger partial charge on any atom is -0.465 e. The van der Waals surface area contributed by atoms with E-state index >= 15 is 0 Å². The summed E-state index contributed by atoms with van der Waals surface area (Å²) in [5.41, 5.74) is 6.09. The molecule has 86 valence electrons. The zero-order chi connectivity index (χ0) is 11.8. The topological polar surface area (TPSA) is 52.3 Å². The van der Waals surface area contributed by atoms with Crippen LogP contribution in [0.25, 0.3) is 0 Å². The Balaban J connectivity index is 2.23. The molecule has 1 fully saturated rings. The molecule has 2 N–H and O–H groups in total. The number of benzene rings is 1. The van der Waals surface area contributed by atoms with Crippen molar-refractivity contribution in [2.45, 2.75) is 31.2 Å². The van der Waals surface area contributed by atoms with Gasteiger partial charge in [0.25, 0.3) is 0 Å². The van der Waals surface area contributed by atoms with E-state index in [4.69, 9.17) is 10.5 Å². The van der Waals surface area contributed by atoms with Crippen LogP contribution in [-0.2, 0) is 14.9 Å². The van der Waals surface area contributed by atoms with Crippen LogP contribution in [0.4, 0.5) is 0 Å². The largest absolute Gasteiger partial charge is 0.465 e. The van der Waals surface area contributed by atoms with Crippen molar-refractivity contribution in [2.75, 3.05) is 6.61 Å². The fourth-order valence-electron chi connectivity index (χ4n) is 2.24. The predicted molar refractivity (Wildman–Crippen MR) is 62.0 cm³/mol. The Hall–Kier alpha value is -1.35. The molecule has 0 radical (unpaired) electrons. The lowest BCUT2D eigenvalue weighted by atomic mass is 9.93. The molecule has 1 aromatic carbocycles. The summed E-state index contributed by atoms with van der Waals surface area (Å²) in [6.45, 7) is 4.19. The van der Waals surface area contributed by atoms with Gasteiger partial charge in [0.05, 0.1) is 6.61 Å². The van der Waals surface area contributed by atoms with Crippen LogP contribution in [0.15, 0.2) is 30.3 Å². The number of ether oxygens (including phenoxy) is 1. The van der Waals surface area contributed by atoms with Gasteiger partial charge in [-0.1, -0.05) is 37.3 Å². The van der Waals surface area contributed by atoms with Gasteiger partial charge in [0.15, 0.2) is 0 Å². The van der Waals surface area contributed by atoms with Gasteiger partial charge in [0.2, 0.25) is 0 Å². The third-order valence-electron chi connectivity index (χ3n) is 3.54. The SMILES string of the molecule is CCOC(=O)[C@@]1(N)C[C@@]1(C)c1ccccc1. The van der Waals surface area contributed by atoms with E-state index in [9.17, 15) is 4.79 Å². The molecule has 0 spiro atoms. The smallest absolute Gasteiger partial charge is 0.327 e. The highest BCUT2D eigenvalue weighted by Crippen LogP contribution is 2.56. The Bertz CT molecular complexity index is 404. The molecule has 0 saturated heterocycles. The monoisotopic (exact) mass is 219 g/mol. The summed E-state index contributed by atoms with van der Waals surface area (Å²) < 4.78 is 5.02. The second-order valence-electron chi connectivity index (χ2n) is 4.57. The molecule has 0 aromatic heterocycles. The molecule has 16 heavy (non-hydrogen) atoms. The van der Waals surface area contributed by atoms with Gasteiger partial charge >= 0.3 is 5.97 Å². The van der Waals surface area contributed by atoms with E-state index in [-0.39, 0.29) is 11.4 Å². The van der Waals surface area contributed by atoms with Crippen LogP contribution in [-0.4, -0.2) is 18.1 Å². The molecule has 0 aliphatic heterocycles. The first kappa shape index (κ1) is 11.1. The number of carbonyl (C=O) groups is 1. The summed E-state index contributed by atoms with van der Waals surface area (Å²) >= 11 is 0. The van der Waals surface area contributed by atoms with E-state index in [0.29, 0.717) is 13.0 Å². The molecule has 2 atom stereocenters. The molecule has 0 amide bonds. The normalized spacial score (nSPS) is 32.2. The van der Waals surface area contributed by atoms with Crippen molar-refractivity contribution in [2.24, 2.45) is 5.73 Å². The van der Waals surface area contributed by atoms with Crippen LogP contribution in [0.2, 0.25) is 0 Å². The van der Waals surface area contributed by atoms with Gasteiger partial charge in [0.1, 0.15) is 5.54 Å². The van der Waals surface area contributed by atoms with Gasteiger partial charge in [-0.05, 0) is 18.9 Å². The van der Waals surface area contributed by atoms with Crippen molar-refractivity contribution in [3.8, 4) is 0 Å². The zero-order valence-electron chi connectivity index (χ0n) is 9.69. The highest BCUT2D eigenvalue weighted by atomic mass is 16.5. The maximum atomic E-state index is 11.8. The molecule has 0 bridgehead atoms. The summed E-state index contributed by atoms with van der Waals surface area (Å²) in [6.07, 6.45) is 0.656. The first-order valence-electron chi connectivity index (χ1n) is 5.56. The van der Waals surface area contributed by atoms with E-state index in [1.54, 1.807) is 6.92 Å². The van der Waals surface area contributed by atoms with Crippen LogP contribution in [0.3, 0.4) is 0 Å². The van der Waals surface area contributed by atoms with Gasteiger partial charge in [-0.25, -0.2) is 0 Å². The summed E-state index contributed by atoms with van der Waals surface area (Å²) in [7, 11) is 0. The molecule has 1 aliphatic carbocycles. The molecule has 0 heterocycles. The summed E-state index contributed by atoms with van der Waals surface area (Å²) in [5.74, 6) is -0.290. The lowest BCUT2D eigenvalue weighted by Gasteiger charge is -2.17. The van der Waals surface area contributed by atoms with E-state index in [0.717, 1.165) is 5.56 Å². The Morgan fingerprint density at radius 3 is 2.62 bits per heavy atom. The van der Waals surface area contributed by atoms with Crippen molar-refractivity contribution in [3.63, 3.8) is 0 Å². The number of nitrogens with two attached hydrogens (primary N) is 1. The third-order valence-corrected chi connectivity index (χ3v) is 3.54. The summed E-state index contributed by atoms with van der Waals surface area (Å²) in [4.78, 5) is 11.8. The zero-order valence-corrected chi connectivity index (χ0v) is 9.69. The molecule has 1 aliphatic rings. The van der Waals surface area contributed by atoms with E-state index in [2.05, 4.69) is 0 Å². The molecule has 3 heteroatoms. The first-order valence-corrected chi connectivity index (χ1v) is 5.56. The van der Waals surface area contributed by atoms with Crippen molar-refractivity contribution in [1.82, 2.24) is 0 Å². The number of esters is 1. The van der Waals surface area contributed by atoms with Gasteiger partial charge < -0.3 is 10.5 Å². The Labute approximate surface area is 95.6 Å². The molecule has 1 saturated carbocycles. The molecule has 1 aromatic rings. The Morgan fingerprint density at radius 1 is 1.44 bits per heavy atom. The maximum Gasteiger partial charge on any atom is 0.327 e. The van der Waals surface area contributed by atoms with E-state index in [1.807, 2.05) is 37.3 Å². The van der Waals surface area contributed by atoms with Gasteiger partial charge in [0, 0.05) is 5.41 Å². The second kappa shape index (κ2) is 3.59. The number of rotatable bonds is 3. The van der Waals surface area contributed by atoms with Gasteiger partial charge in [-0.2, -0.15) is 0 Å². The molecular weight excluding hydrogens is 202 g/mol. The molecule has 0 unspecified atom stereocenters. The van der Waals surface area contributed by atoms with Crippen LogP contribution in [0.5, 0.6) is 0 Å². The van der Waals surface area contributed by atoms with Crippen LogP contribution >= 0.6 is 0 Å². The average Bonchev–Trinajstić information content (AvgIpc) is 2.87. The Kier molecular flexibility index (Phi) is 2.50. The van der Waals surface area contributed by atoms with Crippen molar-refractivity contribution in [3.05, 3.63) is 35.9 Å². The lowest BCUT2D eigenvalue weighted by Crippen LogP contribution is -2.41. The fraction of sp³-hybridized carbons (Fsp3) is 0.462. The van der Waals surface area contributed by atoms with Crippen molar-refractivity contribution < 1.29 is 9.53 Å². The highest BCUT2D eigenvalue weighted by molar-refractivity contribution is 5.88. The van der Waals surface area contributed by atoms with Crippen LogP contribution in [0.1, 0.15) is 25.8 Å². The van der Waals surface area contributed by atoms with Crippen molar-refractivity contribution in [1.29, 1.82) is 0 Å². The first-order chi connectivity index (χ1) is 7.54. The average molecular weight is 219 g/mol. The fourth-order valence-corrected chi connectivity index (χ4v) is 2.24. The summed E-state index contributed by atoms with van der Waals surface area (Å²) in [6, 6.07) is 9.90. The van der Waals surface area contributed by atoms with Crippen LogP contribution < -0.4 is 5.73 Å². The number of carbonyl (C=O) groups excluding carboxylic acids is 1. The van der Waals surface area contributed by atoms with E-state index < -0.39 is 5.54 Å². The minimum atomic E-state index is -0.843. The summed E-state index contributed by atoms with van der Waals surface area (Å²) in [5, 5.41) is 0.